The largest absolute Gasteiger partial charge is 0.154 e. The lowest BCUT2D eigenvalue weighted by Crippen LogP contribution is -2.07. The van der Waals surface area contributed by atoms with E-state index in [1.165, 1.54) is 37.7 Å². The molecule has 2 nitrogen and oxygen atoms in total. The van der Waals surface area contributed by atoms with E-state index in [1.807, 2.05) is 24.3 Å². The monoisotopic (exact) mass is 330 g/mol. The summed E-state index contributed by atoms with van der Waals surface area (Å²) in [5.74, 6) is 0. The summed E-state index contributed by atoms with van der Waals surface area (Å²) in [5, 5.41) is 9.35. The van der Waals surface area contributed by atoms with Gasteiger partial charge in [-0.05, 0) is 36.8 Å². The van der Waals surface area contributed by atoms with Gasteiger partial charge in [-0.15, -0.1) is 5.10 Å². The molecule has 1 heterocycles. The first-order chi connectivity index (χ1) is 12.3. The average Bonchev–Trinajstić information content (AvgIpc) is 2.66. The second-order valence-corrected chi connectivity index (χ2v) is 6.60. The molecule has 0 aromatic heterocycles. The molecule has 25 heavy (non-hydrogen) atoms. The molecule has 0 radical (unpaired) electrons. The van der Waals surface area contributed by atoms with E-state index in [4.69, 9.17) is 0 Å². The van der Waals surface area contributed by atoms with Crippen molar-refractivity contribution in [1.82, 2.24) is 0 Å². The fraction of sp³-hybridized carbons (Fsp3) is 0.304. The van der Waals surface area contributed by atoms with Gasteiger partial charge in [-0.2, -0.15) is 5.10 Å². The van der Waals surface area contributed by atoms with Gasteiger partial charge in [0.15, 0.2) is 0 Å². The molecule has 0 saturated carbocycles. The van der Waals surface area contributed by atoms with Crippen LogP contribution in [0.4, 0.5) is 0 Å². The Hall–Kier alpha value is -2.48. The number of benzene rings is 2. The van der Waals surface area contributed by atoms with Gasteiger partial charge in [-0.1, -0.05) is 86.5 Å². The van der Waals surface area contributed by atoms with Gasteiger partial charge < -0.3 is 0 Å². The van der Waals surface area contributed by atoms with Crippen LogP contribution in [0.2, 0.25) is 0 Å². The van der Waals surface area contributed by atoms with Gasteiger partial charge in [-0.25, -0.2) is 0 Å². The number of hydrogen-bond acceptors (Lipinski definition) is 2. The van der Waals surface area contributed by atoms with E-state index in [-0.39, 0.29) is 0 Å². The van der Waals surface area contributed by atoms with Crippen LogP contribution in [-0.4, -0.2) is 11.4 Å². The van der Waals surface area contributed by atoms with Gasteiger partial charge >= 0.3 is 0 Å². The molecule has 1 aliphatic heterocycles. The maximum Gasteiger partial charge on any atom is 0.0955 e. The predicted octanol–water partition coefficient (Wildman–Crippen LogP) is 6.18. The molecule has 0 aliphatic carbocycles. The van der Waals surface area contributed by atoms with Crippen LogP contribution in [0.5, 0.6) is 0 Å². The molecule has 0 spiro atoms. The molecule has 2 aromatic carbocycles. The Morgan fingerprint density at radius 3 is 1.84 bits per heavy atom. The third-order valence-electron chi connectivity index (χ3n) is 4.65. The standard InChI is InChI=1S/C23H26N2/c1-19-13-7-3-2-4-12-18-22(20-14-8-5-9-15-20)24-25-23(19)21-16-10-6-11-17-21/h5-6,8-11,14-17H,1-4,7,12-13,18H2/b24-22+,25-23+. The predicted molar refractivity (Wildman–Crippen MR) is 107 cm³/mol. The van der Waals surface area contributed by atoms with Crippen LogP contribution in [0.1, 0.15) is 56.1 Å². The highest BCUT2D eigenvalue weighted by Crippen LogP contribution is 2.19. The summed E-state index contributed by atoms with van der Waals surface area (Å²) in [6, 6.07) is 20.7. The second-order valence-electron chi connectivity index (χ2n) is 6.60. The van der Waals surface area contributed by atoms with Crippen molar-refractivity contribution in [2.24, 2.45) is 10.2 Å². The molecular weight excluding hydrogens is 304 g/mol. The summed E-state index contributed by atoms with van der Waals surface area (Å²) < 4.78 is 0. The van der Waals surface area contributed by atoms with Crippen LogP contribution in [0.25, 0.3) is 0 Å². The van der Waals surface area contributed by atoms with Crippen molar-refractivity contribution >= 4 is 11.4 Å². The second kappa shape index (κ2) is 9.12. The van der Waals surface area contributed by atoms with Crippen molar-refractivity contribution in [3.05, 3.63) is 83.9 Å². The van der Waals surface area contributed by atoms with Gasteiger partial charge in [0.05, 0.1) is 11.4 Å². The SMILES string of the molecule is C=C1CCCCCCC/C(c2ccccc2)=N\N=C/1c1ccccc1. The van der Waals surface area contributed by atoms with Crippen molar-refractivity contribution in [1.29, 1.82) is 0 Å². The minimum atomic E-state index is 0.926. The highest BCUT2D eigenvalue weighted by molar-refractivity contribution is 6.12. The van der Waals surface area contributed by atoms with Crippen LogP contribution in [0.3, 0.4) is 0 Å². The number of allylic oxidation sites excluding steroid dienone is 1. The molecule has 0 saturated heterocycles. The van der Waals surface area contributed by atoms with Gasteiger partial charge in [-0.3, -0.25) is 0 Å². The van der Waals surface area contributed by atoms with Crippen LogP contribution in [-0.2, 0) is 0 Å². The Kier molecular flexibility index (Phi) is 6.33. The van der Waals surface area contributed by atoms with Crippen LogP contribution in [0.15, 0.2) is 83.0 Å². The molecule has 0 unspecified atom stereocenters. The normalized spacial score (nSPS) is 21.2. The third kappa shape index (κ3) is 4.99. The van der Waals surface area contributed by atoms with Crippen molar-refractivity contribution in [2.75, 3.05) is 0 Å². The van der Waals surface area contributed by atoms with Crippen molar-refractivity contribution in [3.8, 4) is 0 Å². The number of hydrogen-bond donors (Lipinski definition) is 0. The Morgan fingerprint density at radius 1 is 0.600 bits per heavy atom. The van der Waals surface area contributed by atoms with E-state index in [0.717, 1.165) is 35.4 Å². The van der Waals surface area contributed by atoms with Gasteiger partial charge in [0.1, 0.15) is 0 Å². The maximum absolute atomic E-state index is 4.68. The lowest BCUT2D eigenvalue weighted by molar-refractivity contribution is 0.623. The molecule has 3 rings (SSSR count). The van der Waals surface area contributed by atoms with Crippen LogP contribution in [0, 0.1) is 0 Å². The molecule has 0 bridgehead atoms. The van der Waals surface area contributed by atoms with E-state index in [1.54, 1.807) is 0 Å². The van der Waals surface area contributed by atoms with Crippen LogP contribution >= 0.6 is 0 Å². The first kappa shape index (κ1) is 17.3. The first-order valence-electron chi connectivity index (χ1n) is 9.28. The third-order valence-corrected chi connectivity index (χ3v) is 4.65. The lowest BCUT2D eigenvalue weighted by atomic mass is 9.97. The molecule has 1 aliphatic rings. The first-order valence-corrected chi connectivity index (χ1v) is 9.28. The molecule has 0 atom stereocenters. The van der Waals surface area contributed by atoms with Crippen molar-refractivity contribution < 1.29 is 0 Å². The topological polar surface area (TPSA) is 24.7 Å². The molecule has 0 N–H and O–H groups in total. The zero-order valence-corrected chi connectivity index (χ0v) is 14.8. The summed E-state index contributed by atoms with van der Waals surface area (Å²) in [6.45, 7) is 4.30. The van der Waals surface area contributed by atoms with E-state index in [2.05, 4.69) is 53.2 Å². The zero-order chi connectivity index (χ0) is 17.3. The van der Waals surface area contributed by atoms with Gasteiger partial charge in [0, 0.05) is 5.56 Å². The minimum Gasteiger partial charge on any atom is -0.154 e. The van der Waals surface area contributed by atoms with E-state index in [0.29, 0.717) is 0 Å². The fourth-order valence-corrected chi connectivity index (χ4v) is 3.20. The Balaban J connectivity index is 1.99. The Labute approximate surface area is 151 Å². The molecule has 2 heteroatoms. The zero-order valence-electron chi connectivity index (χ0n) is 14.8. The quantitative estimate of drug-likeness (QED) is 0.628. The highest BCUT2D eigenvalue weighted by Gasteiger charge is 2.10. The lowest BCUT2D eigenvalue weighted by Gasteiger charge is -2.12. The summed E-state index contributed by atoms with van der Waals surface area (Å²) in [7, 11) is 0. The Bertz CT molecular complexity index is 742. The number of nitrogens with zero attached hydrogens (tertiary/aromatic N) is 2. The summed E-state index contributed by atoms with van der Waals surface area (Å²) in [5.41, 5.74) is 5.35. The summed E-state index contributed by atoms with van der Waals surface area (Å²) in [4.78, 5) is 0. The molecule has 0 amide bonds. The van der Waals surface area contributed by atoms with Gasteiger partial charge in [0.25, 0.3) is 0 Å². The average molecular weight is 330 g/mol. The van der Waals surface area contributed by atoms with Gasteiger partial charge in [0.2, 0.25) is 0 Å². The maximum atomic E-state index is 4.68. The van der Waals surface area contributed by atoms with Crippen molar-refractivity contribution in [2.45, 2.75) is 44.9 Å². The van der Waals surface area contributed by atoms with E-state index in [9.17, 15) is 0 Å². The molecular formula is C23H26N2. The molecule has 0 fully saturated rings. The summed E-state index contributed by atoms with van der Waals surface area (Å²) >= 11 is 0. The number of rotatable bonds is 2. The fourth-order valence-electron chi connectivity index (χ4n) is 3.20. The Morgan fingerprint density at radius 2 is 1.16 bits per heavy atom. The van der Waals surface area contributed by atoms with E-state index < -0.39 is 0 Å². The summed E-state index contributed by atoms with van der Waals surface area (Å²) in [6.07, 6.45) is 8.12. The van der Waals surface area contributed by atoms with Crippen molar-refractivity contribution in [3.63, 3.8) is 0 Å². The molecule has 2 aromatic rings. The van der Waals surface area contributed by atoms with E-state index >= 15 is 0 Å². The molecule has 128 valence electrons. The minimum absolute atomic E-state index is 0.926. The highest BCUT2D eigenvalue weighted by atomic mass is 15.2. The van der Waals surface area contributed by atoms with Crippen LogP contribution < -0.4 is 0 Å². The smallest absolute Gasteiger partial charge is 0.0955 e.